The fourth-order valence-electron chi connectivity index (χ4n) is 3.92. The van der Waals surface area contributed by atoms with Gasteiger partial charge in [-0.15, -0.1) is 0 Å². The van der Waals surface area contributed by atoms with E-state index >= 15 is 0 Å². The topological polar surface area (TPSA) is 88.8 Å². The van der Waals surface area contributed by atoms with E-state index < -0.39 is 4.92 Å². The van der Waals surface area contributed by atoms with Crippen LogP contribution in [0.1, 0.15) is 27.0 Å². The van der Waals surface area contributed by atoms with Crippen LogP contribution >= 0.6 is 0 Å². The Bertz CT molecular complexity index is 1130. The van der Waals surface area contributed by atoms with E-state index in [9.17, 15) is 14.9 Å². The van der Waals surface area contributed by atoms with Crippen LogP contribution in [-0.4, -0.2) is 51.8 Å². The molecule has 33 heavy (non-hydrogen) atoms. The van der Waals surface area contributed by atoms with Gasteiger partial charge in [0.1, 0.15) is 12.4 Å². The lowest BCUT2D eigenvalue weighted by atomic mass is 10.1. The number of benzene rings is 2. The highest BCUT2D eigenvalue weighted by Gasteiger charge is 2.22. The van der Waals surface area contributed by atoms with E-state index in [1.54, 1.807) is 25.3 Å². The molecule has 3 aromatic rings. The lowest BCUT2D eigenvalue weighted by Crippen LogP contribution is -2.48. The van der Waals surface area contributed by atoms with Crippen LogP contribution in [0, 0.1) is 17.0 Å². The molecule has 2 heterocycles. The third-order valence-corrected chi connectivity index (χ3v) is 5.73. The molecule has 0 N–H and O–H groups in total. The van der Waals surface area contributed by atoms with Crippen molar-refractivity contribution in [2.75, 3.05) is 26.2 Å². The summed E-state index contributed by atoms with van der Waals surface area (Å²) in [5, 5.41) is 11.0. The molecule has 0 atom stereocenters. The van der Waals surface area contributed by atoms with Crippen molar-refractivity contribution in [1.29, 1.82) is 0 Å². The number of nitrogens with zero attached hydrogens (tertiary/aromatic N) is 4. The Morgan fingerprint density at radius 2 is 1.85 bits per heavy atom. The number of pyridine rings is 1. The van der Waals surface area contributed by atoms with Gasteiger partial charge < -0.3 is 9.64 Å². The molecule has 0 bridgehead atoms. The first-order valence-electron chi connectivity index (χ1n) is 10.9. The number of nitro benzene ring substituents is 1. The third kappa shape index (κ3) is 5.72. The quantitative estimate of drug-likeness (QED) is 0.405. The number of hydrogen-bond acceptors (Lipinski definition) is 6. The molecular formula is C25H26N4O4. The Kier molecular flexibility index (Phi) is 6.95. The fourth-order valence-corrected chi connectivity index (χ4v) is 3.92. The van der Waals surface area contributed by atoms with Crippen molar-refractivity contribution in [2.45, 2.75) is 20.1 Å². The minimum absolute atomic E-state index is 0.0176. The third-order valence-electron chi connectivity index (χ3n) is 5.73. The van der Waals surface area contributed by atoms with E-state index in [-0.39, 0.29) is 18.2 Å². The molecule has 8 nitrogen and oxygen atoms in total. The molecule has 0 radical (unpaired) electrons. The van der Waals surface area contributed by atoms with E-state index in [0.29, 0.717) is 30.0 Å². The van der Waals surface area contributed by atoms with Crippen LogP contribution in [0.5, 0.6) is 5.75 Å². The van der Waals surface area contributed by atoms with Crippen molar-refractivity contribution < 1.29 is 14.5 Å². The molecule has 0 saturated carbocycles. The lowest BCUT2D eigenvalue weighted by molar-refractivity contribution is -0.385. The Balaban J connectivity index is 1.32. The van der Waals surface area contributed by atoms with Crippen molar-refractivity contribution in [2.24, 2.45) is 0 Å². The highest BCUT2D eigenvalue weighted by Crippen LogP contribution is 2.24. The van der Waals surface area contributed by atoms with E-state index in [2.05, 4.69) is 16.0 Å². The fraction of sp³-hybridized carbons (Fsp3) is 0.280. The van der Waals surface area contributed by atoms with Gasteiger partial charge in [-0.05, 0) is 48.4 Å². The van der Waals surface area contributed by atoms with Crippen LogP contribution < -0.4 is 4.74 Å². The second-order valence-electron chi connectivity index (χ2n) is 8.12. The van der Waals surface area contributed by atoms with Crippen LogP contribution in [0.3, 0.4) is 0 Å². The molecule has 0 spiro atoms. The monoisotopic (exact) mass is 446 g/mol. The predicted molar refractivity (Wildman–Crippen MR) is 124 cm³/mol. The van der Waals surface area contributed by atoms with E-state index in [4.69, 9.17) is 4.74 Å². The number of hydrogen-bond donors (Lipinski definition) is 0. The van der Waals surface area contributed by atoms with Crippen molar-refractivity contribution in [3.63, 3.8) is 0 Å². The number of nitro groups is 1. The van der Waals surface area contributed by atoms with Crippen LogP contribution in [0.15, 0.2) is 67.0 Å². The van der Waals surface area contributed by atoms with Crippen LogP contribution in [0.4, 0.5) is 5.69 Å². The molecule has 1 aromatic heterocycles. The standard InChI is InChI=1S/C25H26N4O4/c1-19-14-23(7-8-24(19)29(31)32)33-18-20-4-2-6-22(15-20)25(30)28-12-10-27(11-13-28)17-21-5-3-9-26-16-21/h2-9,14-16H,10-13,17-18H2,1H3. The molecule has 1 amide bonds. The summed E-state index contributed by atoms with van der Waals surface area (Å²) in [5.41, 5.74) is 3.29. The van der Waals surface area contributed by atoms with Gasteiger partial charge >= 0.3 is 0 Å². The maximum absolute atomic E-state index is 13.0. The number of piperazine rings is 1. The van der Waals surface area contributed by atoms with Gasteiger partial charge in [0.2, 0.25) is 0 Å². The molecule has 1 aliphatic rings. The average Bonchev–Trinajstić information content (AvgIpc) is 2.83. The summed E-state index contributed by atoms with van der Waals surface area (Å²) in [6, 6.07) is 16.1. The first-order valence-corrected chi connectivity index (χ1v) is 10.9. The van der Waals surface area contributed by atoms with Crippen LogP contribution in [-0.2, 0) is 13.2 Å². The second-order valence-corrected chi connectivity index (χ2v) is 8.12. The van der Waals surface area contributed by atoms with Gasteiger partial charge in [-0.2, -0.15) is 0 Å². The van der Waals surface area contributed by atoms with Gasteiger partial charge in [0, 0.05) is 62.3 Å². The molecule has 1 fully saturated rings. The Morgan fingerprint density at radius 3 is 2.55 bits per heavy atom. The number of carbonyl (C=O) groups excluding carboxylic acids is 1. The second kappa shape index (κ2) is 10.2. The van der Waals surface area contributed by atoms with Crippen LogP contribution in [0.25, 0.3) is 0 Å². The zero-order chi connectivity index (χ0) is 23.2. The molecule has 170 valence electrons. The number of aryl methyl sites for hydroxylation is 1. The highest BCUT2D eigenvalue weighted by molar-refractivity contribution is 5.94. The summed E-state index contributed by atoms with van der Waals surface area (Å²) in [6.07, 6.45) is 3.65. The lowest BCUT2D eigenvalue weighted by Gasteiger charge is -2.34. The summed E-state index contributed by atoms with van der Waals surface area (Å²) in [7, 11) is 0. The zero-order valence-corrected chi connectivity index (χ0v) is 18.5. The summed E-state index contributed by atoms with van der Waals surface area (Å²) in [6.45, 7) is 5.80. The van der Waals surface area contributed by atoms with Crippen molar-refractivity contribution in [1.82, 2.24) is 14.8 Å². The van der Waals surface area contributed by atoms with E-state index in [1.807, 2.05) is 41.4 Å². The first kappa shape index (κ1) is 22.4. The number of carbonyl (C=O) groups is 1. The summed E-state index contributed by atoms with van der Waals surface area (Å²) in [4.78, 5) is 32.0. The van der Waals surface area contributed by atoms with Crippen molar-refractivity contribution in [3.05, 3.63) is 99.4 Å². The maximum atomic E-state index is 13.0. The molecule has 8 heteroatoms. The first-order chi connectivity index (χ1) is 16.0. The Labute approximate surface area is 192 Å². The largest absolute Gasteiger partial charge is 0.489 e. The van der Waals surface area contributed by atoms with E-state index in [1.165, 1.54) is 11.6 Å². The minimum atomic E-state index is -0.410. The number of aromatic nitrogens is 1. The highest BCUT2D eigenvalue weighted by atomic mass is 16.6. The zero-order valence-electron chi connectivity index (χ0n) is 18.5. The van der Waals surface area contributed by atoms with Gasteiger partial charge in [-0.3, -0.25) is 24.8 Å². The average molecular weight is 447 g/mol. The van der Waals surface area contributed by atoms with Crippen molar-refractivity contribution in [3.8, 4) is 5.75 Å². The Morgan fingerprint density at radius 1 is 1.06 bits per heavy atom. The SMILES string of the molecule is Cc1cc(OCc2cccc(C(=O)N3CCN(Cc4cccnc4)CC3)c2)ccc1[N+](=O)[O-]. The number of amides is 1. The van der Waals surface area contributed by atoms with Gasteiger partial charge in [0.25, 0.3) is 11.6 Å². The van der Waals surface area contributed by atoms with Gasteiger partial charge in [-0.1, -0.05) is 18.2 Å². The van der Waals surface area contributed by atoms with Gasteiger partial charge in [0.15, 0.2) is 0 Å². The van der Waals surface area contributed by atoms with Gasteiger partial charge in [0.05, 0.1) is 4.92 Å². The maximum Gasteiger partial charge on any atom is 0.272 e. The smallest absolute Gasteiger partial charge is 0.272 e. The minimum Gasteiger partial charge on any atom is -0.489 e. The summed E-state index contributed by atoms with van der Waals surface area (Å²) < 4.78 is 5.80. The Hall–Kier alpha value is -3.78. The number of rotatable bonds is 7. The normalized spacial score (nSPS) is 14.2. The van der Waals surface area contributed by atoms with E-state index in [0.717, 1.165) is 25.2 Å². The molecular weight excluding hydrogens is 420 g/mol. The van der Waals surface area contributed by atoms with Gasteiger partial charge in [-0.25, -0.2) is 0 Å². The molecule has 0 aliphatic carbocycles. The predicted octanol–water partition coefficient (Wildman–Crippen LogP) is 3.84. The summed E-state index contributed by atoms with van der Waals surface area (Å²) >= 11 is 0. The number of ether oxygens (including phenoxy) is 1. The molecule has 1 saturated heterocycles. The summed E-state index contributed by atoms with van der Waals surface area (Å²) in [5.74, 6) is 0.573. The van der Waals surface area contributed by atoms with Crippen LogP contribution in [0.2, 0.25) is 0 Å². The molecule has 1 aliphatic heterocycles. The molecule has 2 aromatic carbocycles. The van der Waals surface area contributed by atoms with Crippen molar-refractivity contribution >= 4 is 11.6 Å². The molecule has 0 unspecified atom stereocenters. The molecule has 4 rings (SSSR count).